The zero-order valence-electron chi connectivity index (χ0n) is 10.7. The third kappa shape index (κ3) is 3.40. The van der Waals surface area contributed by atoms with Crippen molar-refractivity contribution in [3.05, 3.63) is 35.4 Å². The standard InChI is InChI=1S/C15H21N/c1-6-13-8-10-14(11-9-13)12(3)16-15(4,5)7-2/h2,8-12,16H,6H2,1,3-5H3. The molecule has 1 nitrogen and oxygen atoms in total. The highest BCUT2D eigenvalue weighted by molar-refractivity contribution is 5.25. The average Bonchev–Trinajstić information content (AvgIpc) is 2.28. The Labute approximate surface area is 99.3 Å². The summed E-state index contributed by atoms with van der Waals surface area (Å²) >= 11 is 0. The number of hydrogen-bond acceptors (Lipinski definition) is 1. The van der Waals surface area contributed by atoms with Gasteiger partial charge in [-0.1, -0.05) is 37.1 Å². The normalized spacial score (nSPS) is 13.2. The van der Waals surface area contributed by atoms with Gasteiger partial charge in [-0.25, -0.2) is 0 Å². The topological polar surface area (TPSA) is 12.0 Å². The highest BCUT2D eigenvalue weighted by Gasteiger charge is 2.17. The number of hydrogen-bond donors (Lipinski definition) is 1. The molecule has 0 aromatic heterocycles. The molecule has 1 unspecified atom stereocenters. The Kier molecular flexibility index (Phi) is 4.15. The van der Waals surface area contributed by atoms with Gasteiger partial charge in [-0.15, -0.1) is 6.42 Å². The number of nitrogens with one attached hydrogen (secondary N) is 1. The Bertz CT molecular complexity index is 367. The molecular weight excluding hydrogens is 194 g/mol. The maximum atomic E-state index is 5.47. The Morgan fingerprint density at radius 2 is 1.88 bits per heavy atom. The lowest BCUT2D eigenvalue weighted by Crippen LogP contribution is -2.39. The van der Waals surface area contributed by atoms with Gasteiger partial charge in [0.2, 0.25) is 0 Å². The molecule has 1 rings (SSSR count). The second-order valence-electron chi connectivity index (χ2n) is 4.73. The summed E-state index contributed by atoms with van der Waals surface area (Å²) < 4.78 is 0. The van der Waals surface area contributed by atoms with Crippen LogP contribution in [0.2, 0.25) is 0 Å². The van der Waals surface area contributed by atoms with E-state index in [4.69, 9.17) is 6.42 Å². The van der Waals surface area contributed by atoms with E-state index < -0.39 is 0 Å². The van der Waals surface area contributed by atoms with Gasteiger partial charge in [0.15, 0.2) is 0 Å². The Morgan fingerprint density at radius 1 is 1.31 bits per heavy atom. The van der Waals surface area contributed by atoms with Crippen molar-refractivity contribution >= 4 is 0 Å². The highest BCUT2D eigenvalue weighted by Crippen LogP contribution is 2.16. The second-order valence-corrected chi connectivity index (χ2v) is 4.73. The molecule has 86 valence electrons. The first kappa shape index (κ1) is 12.8. The van der Waals surface area contributed by atoms with E-state index in [-0.39, 0.29) is 11.6 Å². The molecule has 1 heteroatoms. The van der Waals surface area contributed by atoms with Crippen molar-refractivity contribution in [1.29, 1.82) is 0 Å². The van der Waals surface area contributed by atoms with Gasteiger partial charge >= 0.3 is 0 Å². The number of benzene rings is 1. The van der Waals surface area contributed by atoms with E-state index >= 15 is 0 Å². The Morgan fingerprint density at radius 3 is 2.31 bits per heavy atom. The van der Waals surface area contributed by atoms with E-state index in [1.165, 1.54) is 11.1 Å². The fourth-order valence-corrected chi connectivity index (χ4v) is 1.71. The van der Waals surface area contributed by atoms with Crippen molar-refractivity contribution < 1.29 is 0 Å². The van der Waals surface area contributed by atoms with Crippen molar-refractivity contribution in [3.8, 4) is 12.3 Å². The maximum absolute atomic E-state index is 5.47. The second kappa shape index (κ2) is 5.18. The molecule has 1 atom stereocenters. The summed E-state index contributed by atoms with van der Waals surface area (Å²) in [6.07, 6.45) is 6.55. The molecule has 0 spiro atoms. The Hall–Kier alpha value is -1.26. The summed E-state index contributed by atoms with van der Waals surface area (Å²) in [6.45, 7) is 8.34. The first-order chi connectivity index (χ1) is 7.48. The number of rotatable bonds is 4. The van der Waals surface area contributed by atoms with Crippen LogP contribution in [0.5, 0.6) is 0 Å². The summed E-state index contributed by atoms with van der Waals surface area (Å²) in [5, 5.41) is 3.42. The van der Waals surface area contributed by atoms with Crippen LogP contribution >= 0.6 is 0 Å². The zero-order chi connectivity index (χ0) is 12.2. The molecular formula is C15H21N. The predicted molar refractivity (Wildman–Crippen MR) is 70.3 cm³/mol. The third-order valence-electron chi connectivity index (χ3n) is 2.83. The molecule has 0 aliphatic rings. The van der Waals surface area contributed by atoms with E-state index in [1.807, 2.05) is 13.8 Å². The zero-order valence-corrected chi connectivity index (χ0v) is 10.7. The summed E-state index contributed by atoms with van der Waals surface area (Å²) in [7, 11) is 0. The smallest absolute Gasteiger partial charge is 0.0745 e. The van der Waals surface area contributed by atoms with Crippen LogP contribution in [0, 0.1) is 12.3 Å². The fourth-order valence-electron chi connectivity index (χ4n) is 1.71. The van der Waals surface area contributed by atoms with Gasteiger partial charge in [-0.3, -0.25) is 5.32 Å². The predicted octanol–water partition coefficient (Wildman–Crippen LogP) is 3.31. The molecule has 0 amide bonds. The van der Waals surface area contributed by atoms with Gasteiger partial charge in [-0.05, 0) is 38.3 Å². The van der Waals surface area contributed by atoms with Crippen molar-refractivity contribution in [2.45, 2.75) is 45.7 Å². The molecule has 0 fully saturated rings. The number of terminal acetylenes is 1. The molecule has 1 aromatic rings. The Balaban J connectivity index is 2.74. The lowest BCUT2D eigenvalue weighted by Gasteiger charge is -2.25. The van der Waals surface area contributed by atoms with Gasteiger partial charge in [0, 0.05) is 6.04 Å². The van der Waals surface area contributed by atoms with Gasteiger partial charge in [0.05, 0.1) is 5.54 Å². The first-order valence-electron chi connectivity index (χ1n) is 5.83. The van der Waals surface area contributed by atoms with Crippen LogP contribution in [0.4, 0.5) is 0 Å². The number of aryl methyl sites for hydroxylation is 1. The minimum Gasteiger partial charge on any atom is -0.295 e. The highest BCUT2D eigenvalue weighted by atomic mass is 15.0. The van der Waals surface area contributed by atoms with E-state index in [0.717, 1.165) is 6.42 Å². The van der Waals surface area contributed by atoms with Crippen LogP contribution in [-0.2, 0) is 6.42 Å². The summed E-state index contributed by atoms with van der Waals surface area (Å²) in [5.41, 5.74) is 2.38. The van der Waals surface area contributed by atoms with E-state index in [0.29, 0.717) is 0 Å². The van der Waals surface area contributed by atoms with Crippen molar-refractivity contribution in [1.82, 2.24) is 5.32 Å². The largest absolute Gasteiger partial charge is 0.295 e. The van der Waals surface area contributed by atoms with E-state index in [1.54, 1.807) is 0 Å². The summed E-state index contributed by atoms with van der Waals surface area (Å²) in [5.74, 6) is 2.75. The van der Waals surface area contributed by atoms with Crippen LogP contribution in [0.25, 0.3) is 0 Å². The van der Waals surface area contributed by atoms with Crippen LogP contribution in [0.15, 0.2) is 24.3 Å². The summed E-state index contributed by atoms with van der Waals surface area (Å²) in [6, 6.07) is 8.97. The maximum Gasteiger partial charge on any atom is 0.0745 e. The van der Waals surface area contributed by atoms with Crippen LogP contribution in [-0.4, -0.2) is 5.54 Å². The molecule has 1 aromatic carbocycles. The lowest BCUT2D eigenvalue weighted by atomic mass is 10.0. The molecule has 0 bridgehead atoms. The molecule has 0 aliphatic heterocycles. The van der Waals surface area contributed by atoms with Crippen LogP contribution in [0.1, 0.15) is 44.9 Å². The fraction of sp³-hybridized carbons (Fsp3) is 0.467. The van der Waals surface area contributed by atoms with E-state index in [2.05, 4.69) is 49.4 Å². The molecule has 0 saturated carbocycles. The van der Waals surface area contributed by atoms with Crippen molar-refractivity contribution in [2.75, 3.05) is 0 Å². The molecule has 16 heavy (non-hydrogen) atoms. The third-order valence-corrected chi connectivity index (χ3v) is 2.83. The van der Waals surface area contributed by atoms with Gasteiger partial charge < -0.3 is 0 Å². The molecule has 0 radical (unpaired) electrons. The van der Waals surface area contributed by atoms with Crippen molar-refractivity contribution in [2.24, 2.45) is 0 Å². The van der Waals surface area contributed by atoms with Crippen molar-refractivity contribution in [3.63, 3.8) is 0 Å². The summed E-state index contributed by atoms with van der Waals surface area (Å²) in [4.78, 5) is 0. The minimum absolute atomic E-state index is 0.261. The average molecular weight is 215 g/mol. The molecule has 0 heterocycles. The molecule has 1 N–H and O–H groups in total. The monoisotopic (exact) mass is 215 g/mol. The quantitative estimate of drug-likeness (QED) is 0.760. The van der Waals surface area contributed by atoms with Gasteiger partial charge in [0.1, 0.15) is 0 Å². The first-order valence-corrected chi connectivity index (χ1v) is 5.83. The van der Waals surface area contributed by atoms with Crippen LogP contribution in [0.3, 0.4) is 0 Å². The molecule has 0 saturated heterocycles. The SMILES string of the molecule is C#CC(C)(C)NC(C)c1ccc(CC)cc1. The minimum atomic E-state index is -0.261. The lowest BCUT2D eigenvalue weighted by molar-refractivity contribution is 0.431. The molecule has 0 aliphatic carbocycles. The van der Waals surface area contributed by atoms with E-state index in [9.17, 15) is 0 Å². The van der Waals surface area contributed by atoms with Crippen LogP contribution < -0.4 is 5.32 Å². The van der Waals surface area contributed by atoms with Gasteiger partial charge in [-0.2, -0.15) is 0 Å². The van der Waals surface area contributed by atoms with Gasteiger partial charge in [0.25, 0.3) is 0 Å².